The minimum absolute atomic E-state index is 0.206. The Hall–Kier alpha value is -4.34. The van der Waals surface area contributed by atoms with Crippen molar-refractivity contribution in [3.05, 3.63) is 71.3 Å². The molecule has 0 radical (unpaired) electrons. The van der Waals surface area contributed by atoms with Gasteiger partial charge in [-0.25, -0.2) is 14.4 Å². The van der Waals surface area contributed by atoms with Gasteiger partial charge in [0.1, 0.15) is 0 Å². The van der Waals surface area contributed by atoms with Gasteiger partial charge < -0.3 is 10.4 Å². The number of nitrogens with one attached hydrogen (secondary N) is 2. The monoisotopic (exact) mass is 389 g/mol. The molecule has 0 atom stereocenters. The minimum atomic E-state index is -0.981. The molecule has 0 fully saturated rings. The van der Waals surface area contributed by atoms with Crippen LogP contribution in [0.5, 0.6) is 0 Å². The second kappa shape index (κ2) is 8.13. The number of benzene rings is 2. The van der Waals surface area contributed by atoms with E-state index in [2.05, 4.69) is 40.8 Å². The molecule has 3 N–H and O–H groups in total. The number of rotatable bonds is 7. The lowest BCUT2D eigenvalue weighted by Crippen LogP contribution is -2.07. The molecule has 0 aliphatic heterocycles. The summed E-state index contributed by atoms with van der Waals surface area (Å²) in [6.45, 7) is 0.529. The largest absolute Gasteiger partial charge is 0.478 e. The molecule has 0 amide bonds. The average Bonchev–Trinajstić information content (AvgIpc) is 3.20. The number of carboxylic acids is 1. The average molecular weight is 389 g/mol. The molecular weight excluding hydrogens is 374 g/mol. The molecule has 0 aliphatic rings. The van der Waals surface area contributed by atoms with Crippen LogP contribution in [0.4, 0.5) is 11.6 Å². The fourth-order valence-corrected chi connectivity index (χ4v) is 2.50. The van der Waals surface area contributed by atoms with E-state index in [4.69, 9.17) is 5.11 Å². The number of fused-ring (bicyclic) bond motifs is 1. The summed E-state index contributed by atoms with van der Waals surface area (Å²) in [6, 6.07) is 16.1. The van der Waals surface area contributed by atoms with Gasteiger partial charge in [0, 0.05) is 6.54 Å². The Bertz CT molecular complexity index is 1160. The first-order valence-corrected chi connectivity index (χ1v) is 8.59. The van der Waals surface area contributed by atoms with E-state index in [0.29, 0.717) is 18.2 Å². The van der Waals surface area contributed by atoms with Gasteiger partial charge in [-0.3, -0.25) is 5.43 Å². The van der Waals surface area contributed by atoms with Crippen LogP contribution in [0.3, 0.4) is 0 Å². The van der Waals surface area contributed by atoms with Crippen LogP contribution in [0.2, 0.25) is 0 Å². The van der Waals surface area contributed by atoms with Crippen molar-refractivity contribution in [1.29, 1.82) is 0 Å². The molecule has 4 aromatic rings. The van der Waals surface area contributed by atoms with Crippen LogP contribution in [-0.4, -0.2) is 37.6 Å². The highest BCUT2D eigenvalue weighted by Gasteiger charge is 2.12. The number of nitrogens with zero attached hydrogens (tertiary/aromatic N) is 5. The van der Waals surface area contributed by atoms with E-state index in [-0.39, 0.29) is 16.9 Å². The number of anilines is 2. The molecule has 0 aliphatic carbocycles. The van der Waals surface area contributed by atoms with E-state index >= 15 is 0 Å². The van der Waals surface area contributed by atoms with Crippen molar-refractivity contribution >= 4 is 35.1 Å². The van der Waals surface area contributed by atoms with Gasteiger partial charge in [-0.05, 0) is 33.6 Å². The summed E-state index contributed by atoms with van der Waals surface area (Å²) < 4.78 is 4.68. The summed E-state index contributed by atoms with van der Waals surface area (Å²) >= 11 is 0. The third kappa shape index (κ3) is 4.33. The third-order valence-corrected chi connectivity index (χ3v) is 3.96. The molecular formula is C19H15N7O3. The number of carbonyl (C=O) groups is 1. The van der Waals surface area contributed by atoms with Crippen molar-refractivity contribution in [2.45, 2.75) is 6.54 Å². The van der Waals surface area contributed by atoms with Crippen molar-refractivity contribution in [1.82, 2.24) is 20.3 Å². The molecule has 2 aromatic heterocycles. The van der Waals surface area contributed by atoms with Gasteiger partial charge in [-0.1, -0.05) is 42.5 Å². The summed E-state index contributed by atoms with van der Waals surface area (Å²) in [5.41, 5.74) is 5.35. The maximum atomic E-state index is 10.9. The second-order valence-electron chi connectivity index (χ2n) is 5.97. The molecule has 10 nitrogen and oxygen atoms in total. The zero-order valence-corrected chi connectivity index (χ0v) is 15.0. The van der Waals surface area contributed by atoms with Crippen LogP contribution in [0.15, 0.2) is 64.3 Å². The Labute approximate surface area is 164 Å². The lowest BCUT2D eigenvalue weighted by Gasteiger charge is -2.09. The highest BCUT2D eigenvalue weighted by Crippen LogP contribution is 2.20. The van der Waals surface area contributed by atoms with Crippen LogP contribution in [0.1, 0.15) is 21.5 Å². The number of aromatic carboxylic acids is 1. The van der Waals surface area contributed by atoms with Crippen LogP contribution in [0.25, 0.3) is 11.3 Å². The summed E-state index contributed by atoms with van der Waals surface area (Å²) in [5.74, 6) is -0.191. The van der Waals surface area contributed by atoms with Crippen LogP contribution in [0, 0.1) is 0 Å². The Morgan fingerprint density at radius 2 is 1.69 bits per heavy atom. The SMILES string of the molecule is O=C(O)c1ccc(C=NNc2nc3nonc3nc2NCc2ccccc2)cc1. The smallest absolute Gasteiger partial charge is 0.335 e. The van der Waals surface area contributed by atoms with Gasteiger partial charge in [0.15, 0.2) is 11.6 Å². The molecule has 2 heterocycles. The molecule has 4 rings (SSSR count). The van der Waals surface area contributed by atoms with Crippen molar-refractivity contribution in [2.75, 3.05) is 10.7 Å². The lowest BCUT2D eigenvalue weighted by atomic mass is 10.1. The summed E-state index contributed by atoms with van der Waals surface area (Å²) in [5, 5.41) is 23.7. The first-order chi connectivity index (χ1) is 14.2. The van der Waals surface area contributed by atoms with Crippen LogP contribution >= 0.6 is 0 Å². The highest BCUT2D eigenvalue weighted by atomic mass is 16.6. The van der Waals surface area contributed by atoms with E-state index in [1.165, 1.54) is 12.1 Å². The fraction of sp³-hybridized carbons (Fsp3) is 0.0526. The molecule has 10 heteroatoms. The standard InChI is InChI=1S/C19H15N7O3/c27-19(28)14-8-6-13(7-9-14)11-21-24-16-15(20-10-12-4-2-1-3-5-12)22-17-18(23-16)26-29-25-17/h1-9,11H,10H2,(H,27,28)(H,20,22,25)(H,23,24,26). The van der Waals surface area contributed by atoms with Crippen molar-refractivity contribution < 1.29 is 14.5 Å². The first kappa shape index (κ1) is 18.0. The predicted octanol–water partition coefficient (Wildman–Crippen LogP) is 2.77. The van der Waals surface area contributed by atoms with E-state index in [1.54, 1.807) is 18.3 Å². The molecule has 0 spiro atoms. The van der Waals surface area contributed by atoms with E-state index in [9.17, 15) is 4.79 Å². The van der Waals surface area contributed by atoms with Gasteiger partial charge in [0.05, 0.1) is 11.8 Å². The topological polar surface area (TPSA) is 138 Å². The van der Waals surface area contributed by atoms with Gasteiger partial charge in [-0.15, -0.1) is 0 Å². The van der Waals surface area contributed by atoms with Gasteiger partial charge in [-0.2, -0.15) is 10.1 Å². The molecule has 144 valence electrons. The maximum absolute atomic E-state index is 10.9. The zero-order valence-electron chi connectivity index (χ0n) is 15.0. The molecule has 29 heavy (non-hydrogen) atoms. The van der Waals surface area contributed by atoms with Crippen molar-refractivity contribution in [3.63, 3.8) is 0 Å². The Balaban J connectivity index is 1.52. The molecule has 0 saturated heterocycles. The predicted molar refractivity (Wildman–Crippen MR) is 106 cm³/mol. The number of carboxylic acid groups (broad SMARTS) is 1. The zero-order chi connectivity index (χ0) is 20.1. The maximum Gasteiger partial charge on any atom is 0.335 e. The quantitative estimate of drug-likeness (QED) is 0.321. The number of hydrogen-bond donors (Lipinski definition) is 3. The summed E-state index contributed by atoms with van der Waals surface area (Å²) in [6.07, 6.45) is 1.54. The van der Waals surface area contributed by atoms with Crippen LogP contribution < -0.4 is 10.7 Å². The van der Waals surface area contributed by atoms with Gasteiger partial charge in [0.25, 0.3) is 0 Å². The third-order valence-electron chi connectivity index (χ3n) is 3.96. The Kier molecular flexibility index (Phi) is 5.06. The van der Waals surface area contributed by atoms with Gasteiger partial charge >= 0.3 is 5.97 Å². The normalized spacial score (nSPS) is 11.0. The van der Waals surface area contributed by atoms with E-state index in [0.717, 1.165) is 11.1 Å². The van der Waals surface area contributed by atoms with Crippen molar-refractivity contribution in [2.24, 2.45) is 5.10 Å². The molecule has 2 aromatic carbocycles. The molecule has 0 bridgehead atoms. The molecule has 0 saturated carbocycles. The highest BCUT2D eigenvalue weighted by molar-refractivity contribution is 5.89. The van der Waals surface area contributed by atoms with Gasteiger partial charge in [0.2, 0.25) is 11.3 Å². The van der Waals surface area contributed by atoms with E-state index < -0.39 is 5.97 Å². The van der Waals surface area contributed by atoms with Crippen molar-refractivity contribution in [3.8, 4) is 0 Å². The number of hydrogen-bond acceptors (Lipinski definition) is 9. The Morgan fingerprint density at radius 3 is 2.38 bits per heavy atom. The summed E-state index contributed by atoms with van der Waals surface area (Å²) in [4.78, 5) is 19.6. The van der Waals surface area contributed by atoms with E-state index in [1.807, 2.05) is 30.3 Å². The second-order valence-corrected chi connectivity index (χ2v) is 5.97. The fourth-order valence-electron chi connectivity index (χ4n) is 2.50. The number of hydrazone groups is 1. The summed E-state index contributed by atoms with van der Waals surface area (Å²) in [7, 11) is 0. The molecule has 0 unspecified atom stereocenters. The first-order valence-electron chi connectivity index (χ1n) is 8.59. The van der Waals surface area contributed by atoms with Crippen LogP contribution in [-0.2, 0) is 6.54 Å². The minimum Gasteiger partial charge on any atom is -0.478 e. The number of aromatic nitrogens is 4. The lowest BCUT2D eigenvalue weighted by molar-refractivity contribution is 0.0697. The Morgan fingerprint density at radius 1 is 1.00 bits per heavy atom.